The summed E-state index contributed by atoms with van der Waals surface area (Å²) in [5.41, 5.74) is 8.44. The number of fused-ring (bicyclic) bond motifs is 8. The summed E-state index contributed by atoms with van der Waals surface area (Å²) < 4.78 is 57.5. The number of hydrogen-bond donors (Lipinski definition) is 1. The highest BCUT2D eigenvalue weighted by Crippen LogP contribution is 2.59. The van der Waals surface area contributed by atoms with Crippen LogP contribution in [0, 0.1) is 5.92 Å². The molecule has 1 N–H and O–H groups in total. The van der Waals surface area contributed by atoms with E-state index < -0.39 is 29.0 Å². The predicted octanol–water partition coefficient (Wildman–Crippen LogP) is 9.54. The van der Waals surface area contributed by atoms with Gasteiger partial charge in [-0.15, -0.1) is 0 Å². The van der Waals surface area contributed by atoms with Crippen molar-refractivity contribution in [1.82, 2.24) is 0 Å². The van der Waals surface area contributed by atoms with E-state index in [1.54, 1.807) is 14.0 Å². The molecule has 1 aliphatic carbocycles. The average Bonchev–Trinajstić information content (AvgIpc) is 3.98. The normalized spacial score (nSPS) is 18.9. The van der Waals surface area contributed by atoms with Gasteiger partial charge in [-0.1, -0.05) is 93.2 Å². The highest BCUT2D eigenvalue weighted by molar-refractivity contribution is 6.10. The number of ether oxygens (including phenoxy) is 10. The number of esters is 2. The maximum absolute atomic E-state index is 13.3. The molecule has 5 aromatic carbocycles. The molecule has 0 spiro atoms. The first-order valence-electron chi connectivity index (χ1n) is 28.0. The minimum atomic E-state index is -0.978. The number of nitrogens with zero attached hydrogens (tertiary/aromatic N) is 2. The summed E-state index contributed by atoms with van der Waals surface area (Å²) in [6.07, 6.45) is 6.19. The molecule has 9 rings (SSSR count). The van der Waals surface area contributed by atoms with Gasteiger partial charge in [0.1, 0.15) is 30.8 Å². The highest BCUT2D eigenvalue weighted by Gasteiger charge is 2.45. The van der Waals surface area contributed by atoms with Gasteiger partial charge in [-0.3, -0.25) is 4.79 Å². The topological polar surface area (TPSA) is 170 Å². The lowest BCUT2D eigenvalue weighted by Gasteiger charge is -2.40. The van der Waals surface area contributed by atoms with Crippen molar-refractivity contribution in [2.24, 2.45) is 5.92 Å². The fraction of sp³-hybridized carbons (Fsp3) is 0.453. The Hall–Kier alpha value is -6.79. The van der Waals surface area contributed by atoms with E-state index in [-0.39, 0.29) is 44.7 Å². The molecule has 3 aliphatic heterocycles. The molecule has 5 aromatic rings. The van der Waals surface area contributed by atoms with Gasteiger partial charge in [-0.25, -0.2) is 9.59 Å². The number of morpholine rings is 1. The van der Waals surface area contributed by atoms with E-state index in [9.17, 15) is 19.5 Å². The van der Waals surface area contributed by atoms with Crippen LogP contribution >= 0.6 is 0 Å². The Labute approximate surface area is 469 Å². The smallest absolute Gasteiger partial charge is 0.333 e. The van der Waals surface area contributed by atoms with Crippen LogP contribution in [0.25, 0.3) is 28.0 Å². The van der Waals surface area contributed by atoms with E-state index in [0.717, 1.165) is 68.7 Å². The fourth-order valence-electron chi connectivity index (χ4n) is 11.5. The molecule has 3 unspecified atom stereocenters. The number of anilines is 2. The summed E-state index contributed by atoms with van der Waals surface area (Å²) in [6, 6.07) is 30.9. The molecule has 0 saturated carbocycles. The van der Waals surface area contributed by atoms with Gasteiger partial charge >= 0.3 is 17.9 Å². The highest BCUT2D eigenvalue weighted by atomic mass is 16.6. The minimum absolute atomic E-state index is 0.00760. The van der Waals surface area contributed by atoms with Crippen molar-refractivity contribution in [1.29, 1.82) is 0 Å². The predicted molar refractivity (Wildman–Crippen MR) is 306 cm³/mol. The Kier molecular flexibility index (Phi) is 19.6. The Morgan fingerprint density at radius 3 is 1.95 bits per heavy atom. The van der Waals surface area contributed by atoms with Gasteiger partial charge in [0, 0.05) is 64.8 Å². The molecule has 426 valence electrons. The van der Waals surface area contributed by atoms with Gasteiger partial charge in [0.25, 0.3) is 0 Å². The third-order valence-corrected chi connectivity index (χ3v) is 15.6. The Bertz CT molecular complexity index is 2970. The van der Waals surface area contributed by atoms with Gasteiger partial charge in [-0.2, -0.15) is 0 Å². The molecule has 4 aliphatic rings. The van der Waals surface area contributed by atoms with Crippen LogP contribution in [0.15, 0.2) is 109 Å². The van der Waals surface area contributed by atoms with E-state index in [1.807, 2.05) is 29.2 Å². The third-order valence-electron chi connectivity index (χ3n) is 15.6. The summed E-state index contributed by atoms with van der Waals surface area (Å²) in [5, 5.41) is 12.7. The number of methoxy groups -OCH3 is 1. The second-order valence-corrected chi connectivity index (χ2v) is 21.1. The van der Waals surface area contributed by atoms with Gasteiger partial charge in [-0.05, 0) is 90.1 Å². The molecule has 2 fully saturated rings. The van der Waals surface area contributed by atoms with Crippen LogP contribution in [0.5, 0.6) is 11.5 Å². The molecule has 0 bridgehead atoms. The molecule has 3 atom stereocenters. The zero-order valence-electron chi connectivity index (χ0n) is 46.7. The lowest BCUT2D eigenvalue weighted by Crippen LogP contribution is -2.47. The zero-order valence-corrected chi connectivity index (χ0v) is 46.7. The van der Waals surface area contributed by atoms with Crippen molar-refractivity contribution in [3.8, 4) is 22.6 Å². The van der Waals surface area contributed by atoms with E-state index in [0.29, 0.717) is 109 Å². The van der Waals surface area contributed by atoms with Crippen LogP contribution in [-0.4, -0.2) is 148 Å². The van der Waals surface area contributed by atoms with Crippen molar-refractivity contribution < 1.29 is 66.9 Å². The molecule has 0 aromatic heterocycles. The standard InChI is InChI=1S/C64H76N2O14/c1-44(2)62(70)79-40-38-77-36-34-75-32-30-73-29-31-74-33-35-76-37-39-78-57(67)20-15-45-22-24-66(55(41-45)61(68)69)54-42-51-52(43-56(54)71-5)60-50(59-58(51)49-13-9-10-14-53(49)63(59,3)4)21-23-64(80-60,46-11-7-6-8-12-46)47-16-18-48(19-17-47)65-25-27-72-28-26-65/h6-14,16-19,21,23,42-43,45,55H,1,15,20,22,24-41H2,2-5H3,(H,68,69). The van der Waals surface area contributed by atoms with Gasteiger partial charge in [0.15, 0.2) is 5.60 Å². The summed E-state index contributed by atoms with van der Waals surface area (Å²) in [5.74, 6) is -0.425. The monoisotopic (exact) mass is 1100 g/mol. The van der Waals surface area contributed by atoms with Crippen LogP contribution in [0.1, 0.15) is 74.3 Å². The summed E-state index contributed by atoms with van der Waals surface area (Å²) in [7, 11) is 1.64. The Balaban J connectivity index is 0.811. The minimum Gasteiger partial charge on any atom is -0.495 e. The van der Waals surface area contributed by atoms with Crippen molar-refractivity contribution in [3.05, 3.63) is 137 Å². The van der Waals surface area contributed by atoms with Crippen molar-refractivity contribution in [2.75, 3.05) is 129 Å². The number of carbonyl (C=O) groups excluding carboxylic acids is 2. The number of rotatable bonds is 28. The molecule has 0 radical (unpaired) electrons. The van der Waals surface area contributed by atoms with Crippen LogP contribution in [-0.2, 0) is 63.3 Å². The maximum Gasteiger partial charge on any atom is 0.333 e. The number of carboxylic acid groups (broad SMARTS) is 1. The Morgan fingerprint density at radius 2 is 1.32 bits per heavy atom. The van der Waals surface area contributed by atoms with Crippen molar-refractivity contribution in [2.45, 2.75) is 63.5 Å². The number of hydrogen-bond acceptors (Lipinski definition) is 15. The Morgan fingerprint density at radius 1 is 0.725 bits per heavy atom. The van der Waals surface area contributed by atoms with Crippen LogP contribution in [0.4, 0.5) is 11.4 Å². The third kappa shape index (κ3) is 13.2. The van der Waals surface area contributed by atoms with E-state index >= 15 is 0 Å². The summed E-state index contributed by atoms with van der Waals surface area (Å²) in [4.78, 5) is 41.9. The van der Waals surface area contributed by atoms with Crippen LogP contribution in [0.2, 0.25) is 0 Å². The first-order chi connectivity index (χ1) is 38.9. The number of carboxylic acids is 1. The molecule has 2 saturated heterocycles. The van der Waals surface area contributed by atoms with Crippen molar-refractivity contribution >= 4 is 46.1 Å². The number of carbonyl (C=O) groups is 3. The van der Waals surface area contributed by atoms with E-state index in [1.165, 1.54) is 5.56 Å². The lowest BCUT2D eigenvalue weighted by molar-refractivity contribution is -0.145. The second kappa shape index (κ2) is 27.1. The first-order valence-corrected chi connectivity index (χ1v) is 28.0. The second-order valence-electron chi connectivity index (χ2n) is 21.1. The SMILES string of the molecule is C=C(C)C(=O)OCCOCCOCCOCCOCCOCCOC(=O)CCC1CCN(c2cc3c4c(c5c(c3cc2OC)OC(c2ccccc2)(c2ccc(N3CCOCC3)cc2)C=C5)C(C)(C)c2ccccc2-4)C(C(=O)O)C1. The number of piperidine rings is 1. The maximum atomic E-state index is 13.3. The number of aliphatic carboxylic acids is 1. The van der Waals surface area contributed by atoms with Gasteiger partial charge < -0.3 is 62.3 Å². The molecule has 16 heteroatoms. The quantitative estimate of drug-likeness (QED) is 0.0285. The fourth-order valence-corrected chi connectivity index (χ4v) is 11.5. The zero-order chi connectivity index (χ0) is 56.1. The van der Waals surface area contributed by atoms with Gasteiger partial charge in [0.2, 0.25) is 0 Å². The number of benzene rings is 5. The lowest BCUT2D eigenvalue weighted by atomic mass is 9.76. The van der Waals surface area contributed by atoms with Gasteiger partial charge in [0.05, 0.1) is 92.1 Å². The average molecular weight is 1100 g/mol. The molecule has 80 heavy (non-hydrogen) atoms. The van der Waals surface area contributed by atoms with Crippen LogP contribution in [0.3, 0.4) is 0 Å². The molecular weight excluding hydrogens is 1020 g/mol. The van der Waals surface area contributed by atoms with Crippen molar-refractivity contribution in [3.63, 3.8) is 0 Å². The van der Waals surface area contributed by atoms with E-state index in [4.69, 9.17) is 47.4 Å². The van der Waals surface area contributed by atoms with Crippen LogP contribution < -0.4 is 19.3 Å². The molecule has 3 heterocycles. The summed E-state index contributed by atoms with van der Waals surface area (Å²) >= 11 is 0. The van der Waals surface area contributed by atoms with E-state index in [2.05, 4.69) is 104 Å². The summed E-state index contributed by atoms with van der Waals surface area (Å²) in [6.45, 7) is 17.1. The molecule has 0 amide bonds. The largest absolute Gasteiger partial charge is 0.495 e. The molecule has 16 nitrogen and oxygen atoms in total. The first kappa shape index (κ1) is 57.9. The molecular formula is C64H76N2O14.